The van der Waals surface area contributed by atoms with Gasteiger partial charge in [0.05, 0.1) is 11.4 Å². The Bertz CT molecular complexity index is 708. The molecule has 6 heteroatoms. The standard InChI is InChI=1S/C13H12BrN5/c1-15-8-11-13(14)19-12(17-11)3-2-10(18-19)9-4-6-16-7-5-9/h2-7,15H,8H2,1H3. The van der Waals surface area contributed by atoms with E-state index >= 15 is 0 Å². The first-order valence-electron chi connectivity index (χ1n) is 5.89. The van der Waals surface area contributed by atoms with E-state index in [0.29, 0.717) is 6.54 Å². The van der Waals surface area contributed by atoms with Gasteiger partial charge < -0.3 is 5.32 Å². The molecule has 0 amide bonds. The van der Waals surface area contributed by atoms with E-state index < -0.39 is 0 Å². The average Bonchev–Trinajstić information content (AvgIpc) is 2.77. The van der Waals surface area contributed by atoms with Gasteiger partial charge in [0.2, 0.25) is 0 Å². The highest BCUT2D eigenvalue weighted by molar-refractivity contribution is 9.10. The van der Waals surface area contributed by atoms with E-state index in [0.717, 1.165) is 27.2 Å². The molecule has 96 valence electrons. The number of nitrogens with zero attached hydrogens (tertiary/aromatic N) is 4. The van der Waals surface area contributed by atoms with Crippen LogP contribution in [0, 0.1) is 0 Å². The Labute approximate surface area is 118 Å². The molecule has 0 bridgehead atoms. The summed E-state index contributed by atoms with van der Waals surface area (Å²) in [6.45, 7) is 0.703. The summed E-state index contributed by atoms with van der Waals surface area (Å²) in [5.74, 6) is 0. The molecule has 3 aromatic heterocycles. The SMILES string of the molecule is CNCc1nc2ccc(-c3ccncc3)nn2c1Br. The van der Waals surface area contributed by atoms with E-state index in [2.05, 4.69) is 36.3 Å². The van der Waals surface area contributed by atoms with Gasteiger partial charge in [0.25, 0.3) is 0 Å². The van der Waals surface area contributed by atoms with Gasteiger partial charge in [0.15, 0.2) is 5.65 Å². The van der Waals surface area contributed by atoms with Gasteiger partial charge in [-0.05, 0) is 47.2 Å². The van der Waals surface area contributed by atoms with Gasteiger partial charge >= 0.3 is 0 Å². The summed E-state index contributed by atoms with van der Waals surface area (Å²) in [4.78, 5) is 8.53. The van der Waals surface area contributed by atoms with E-state index in [4.69, 9.17) is 0 Å². The molecule has 19 heavy (non-hydrogen) atoms. The maximum atomic E-state index is 4.60. The van der Waals surface area contributed by atoms with Crippen molar-refractivity contribution in [2.24, 2.45) is 0 Å². The molecule has 5 nitrogen and oxygen atoms in total. The predicted molar refractivity (Wildman–Crippen MR) is 76.7 cm³/mol. The minimum absolute atomic E-state index is 0.703. The van der Waals surface area contributed by atoms with E-state index in [1.54, 1.807) is 12.4 Å². The van der Waals surface area contributed by atoms with Crippen LogP contribution in [0.25, 0.3) is 16.9 Å². The van der Waals surface area contributed by atoms with Crippen LogP contribution in [-0.4, -0.2) is 26.6 Å². The van der Waals surface area contributed by atoms with Gasteiger partial charge in [0.1, 0.15) is 4.60 Å². The third-order valence-electron chi connectivity index (χ3n) is 2.81. The number of imidazole rings is 1. The van der Waals surface area contributed by atoms with Crippen LogP contribution >= 0.6 is 15.9 Å². The zero-order valence-electron chi connectivity index (χ0n) is 10.3. The molecule has 0 aliphatic carbocycles. The molecule has 0 unspecified atom stereocenters. The maximum absolute atomic E-state index is 4.60. The smallest absolute Gasteiger partial charge is 0.155 e. The molecule has 3 rings (SSSR count). The van der Waals surface area contributed by atoms with Crippen molar-refractivity contribution in [2.45, 2.75) is 6.54 Å². The van der Waals surface area contributed by atoms with E-state index in [1.165, 1.54) is 0 Å². The second-order valence-corrected chi connectivity index (χ2v) is 4.86. The topological polar surface area (TPSA) is 55.1 Å². The summed E-state index contributed by atoms with van der Waals surface area (Å²) in [5, 5.41) is 7.69. The minimum atomic E-state index is 0.703. The van der Waals surface area contributed by atoms with Crippen molar-refractivity contribution >= 4 is 21.6 Å². The molecule has 0 aliphatic rings. The Hall–Kier alpha value is -1.79. The second-order valence-electron chi connectivity index (χ2n) is 4.10. The highest BCUT2D eigenvalue weighted by Gasteiger charge is 2.11. The van der Waals surface area contributed by atoms with Crippen molar-refractivity contribution in [1.82, 2.24) is 24.9 Å². The molecular weight excluding hydrogens is 306 g/mol. The fourth-order valence-electron chi connectivity index (χ4n) is 1.91. The zero-order chi connectivity index (χ0) is 13.2. The summed E-state index contributed by atoms with van der Waals surface area (Å²) < 4.78 is 2.69. The van der Waals surface area contributed by atoms with Crippen LogP contribution in [0.4, 0.5) is 0 Å². The normalized spacial score (nSPS) is 11.1. The summed E-state index contributed by atoms with van der Waals surface area (Å²) in [7, 11) is 1.90. The zero-order valence-corrected chi connectivity index (χ0v) is 11.9. The molecule has 3 aromatic rings. The highest BCUT2D eigenvalue weighted by atomic mass is 79.9. The Morgan fingerprint density at radius 2 is 2.00 bits per heavy atom. The Morgan fingerprint density at radius 1 is 1.21 bits per heavy atom. The summed E-state index contributed by atoms with van der Waals surface area (Å²) in [5.41, 5.74) is 3.70. The molecule has 0 radical (unpaired) electrons. The van der Waals surface area contributed by atoms with Gasteiger partial charge in [-0.25, -0.2) is 9.50 Å². The number of pyridine rings is 1. The van der Waals surface area contributed by atoms with E-state index in [9.17, 15) is 0 Å². The average molecular weight is 318 g/mol. The Morgan fingerprint density at radius 3 is 2.74 bits per heavy atom. The molecule has 0 saturated carbocycles. The first kappa shape index (κ1) is 12.3. The van der Waals surface area contributed by atoms with Crippen LogP contribution in [0.5, 0.6) is 0 Å². The van der Waals surface area contributed by atoms with Crippen molar-refractivity contribution in [1.29, 1.82) is 0 Å². The van der Waals surface area contributed by atoms with Gasteiger partial charge in [-0.2, -0.15) is 5.10 Å². The molecule has 0 fully saturated rings. The molecule has 0 saturated heterocycles. The Balaban J connectivity index is 2.13. The number of hydrogen-bond acceptors (Lipinski definition) is 4. The number of fused-ring (bicyclic) bond motifs is 1. The number of nitrogens with one attached hydrogen (secondary N) is 1. The summed E-state index contributed by atoms with van der Waals surface area (Å²) in [6.07, 6.45) is 3.52. The first-order chi connectivity index (χ1) is 9.29. The number of halogens is 1. The van der Waals surface area contributed by atoms with Crippen molar-refractivity contribution in [3.8, 4) is 11.3 Å². The molecule has 1 N–H and O–H groups in total. The van der Waals surface area contributed by atoms with Crippen LogP contribution < -0.4 is 5.32 Å². The van der Waals surface area contributed by atoms with Gasteiger partial charge in [-0.3, -0.25) is 4.98 Å². The largest absolute Gasteiger partial charge is 0.314 e. The lowest BCUT2D eigenvalue weighted by Gasteiger charge is -2.01. The molecule has 3 heterocycles. The third kappa shape index (κ3) is 2.24. The summed E-state index contributed by atoms with van der Waals surface area (Å²) >= 11 is 3.55. The third-order valence-corrected chi connectivity index (χ3v) is 3.60. The molecule has 0 aromatic carbocycles. The van der Waals surface area contributed by atoms with Gasteiger partial charge in [-0.15, -0.1) is 0 Å². The fourth-order valence-corrected chi connectivity index (χ4v) is 2.40. The molecule has 0 spiro atoms. The number of hydrogen-bond donors (Lipinski definition) is 1. The van der Waals surface area contributed by atoms with Crippen LogP contribution in [-0.2, 0) is 6.54 Å². The highest BCUT2D eigenvalue weighted by Crippen LogP contribution is 2.21. The quantitative estimate of drug-likeness (QED) is 0.805. The first-order valence-corrected chi connectivity index (χ1v) is 6.68. The molecular formula is C13H12BrN5. The van der Waals surface area contributed by atoms with Crippen LogP contribution in [0.1, 0.15) is 5.69 Å². The van der Waals surface area contributed by atoms with E-state index in [1.807, 2.05) is 35.8 Å². The minimum Gasteiger partial charge on any atom is -0.314 e. The summed E-state index contributed by atoms with van der Waals surface area (Å²) in [6, 6.07) is 7.81. The second kappa shape index (κ2) is 5.07. The van der Waals surface area contributed by atoms with E-state index in [-0.39, 0.29) is 0 Å². The van der Waals surface area contributed by atoms with Crippen LogP contribution in [0.15, 0.2) is 41.3 Å². The monoisotopic (exact) mass is 317 g/mol. The lowest BCUT2D eigenvalue weighted by Crippen LogP contribution is -2.05. The fraction of sp³-hybridized carbons (Fsp3) is 0.154. The number of aromatic nitrogens is 4. The molecule has 0 atom stereocenters. The predicted octanol–water partition coefficient (Wildman–Crippen LogP) is 2.27. The maximum Gasteiger partial charge on any atom is 0.155 e. The van der Waals surface area contributed by atoms with Crippen molar-refractivity contribution in [3.05, 3.63) is 47.0 Å². The Kier molecular flexibility index (Phi) is 3.27. The number of rotatable bonds is 3. The van der Waals surface area contributed by atoms with Crippen LogP contribution in [0.3, 0.4) is 0 Å². The van der Waals surface area contributed by atoms with Gasteiger partial charge in [0, 0.05) is 24.5 Å². The molecule has 0 aliphatic heterocycles. The lowest BCUT2D eigenvalue weighted by atomic mass is 10.2. The lowest BCUT2D eigenvalue weighted by molar-refractivity contribution is 0.789. The van der Waals surface area contributed by atoms with Crippen molar-refractivity contribution < 1.29 is 0 Å². The van der Waals surface area contributed by atoms with Crippen LogP contribution in [0.2, 0.25) is 0 Å². The van der Waals surface area contributed by atoms with Crippen molar-refractivity contribution in [2.75, 3.05) is 7.05 Å². The van der Waals surface area contributed by atoms with Crippen molar-refractivity contribution in [3.63, 3.8) is 0 Å². The van der Waals surface area contributed by atoms with Gasteiger partial charge in [-0.1, -0.05) is 0 Å².